The molecule has 3 aromatic rings. The summed E-state index contributed by atoms with van der Waals surface area (Å²) in [6, 6.07) is 22.6. The number of pyridine rings is 1. The lowest BCUT2D eigenvalue weighted by molar-refractivity contribution is -0.659. The molecule has 2 aliphatic rings. The third-order valence-corrected chi connectivity index (χ3v) is 8.99. The Bertz CT molecular complexity index is 1090. The minimum absolute atomic E-state index is 0.445. The van der Waals surface area contributed by atoms with E-state index in [1.54, 1.807) is 0 Å². The Hall–Kier alpha value is -2.41. The molecule has 0 saturated heterocycles. The fraction of sp³-hybridized carbons (Fsp3) is 0.414. The van der Waals surface area contributed by atoms with Gasteiger partial charge in [-0.3, -0.25) is 0 Å². The Kier molecular flexibility index (Phi) is 4.43. The minimum atomic E-state index is 0.445. The average Bonchev–Trinajstić information content (AvgIpc) is 3.08. The van der Waals surface area contributed by atoms with Gasteiger partial charge < -0.3 is 0 Å². The van der Waals surface area contributed by atoms with Gasteiger partial charge in [-0.1, -0.05) is 63.2 Å². The SMILES string of the molecule is Cc1ccccc1-c1ccc(-c2ccc(C3CC4CCC3(C)C4(C)C)cc2)c[n+]1C. The predicted molar refractivity (Wildman–Crippen MR) is 125 cm³/mol. The van der Waals surface area contributed by atoms with E-state index in [2.05, 4.69) is 106 Å². The summed E-state index contributed by atoms with van der Waals surface area (Å²) in [5.41, 5.74) is 8.90. The largest absolute Gasteiger partial charge is 0.212 e. The number of hydrogen-bond acceptors (Lipinski definition) is 0. The first-order chi connectivity index (χ1) is 14.3. The summed E-state index contributed by atoms with van der Waals surface area (Å²) in [5, 5.41) is 0. The maximum Gasteiger partial charge on any atom is 0.212 e. The van der Waals surface area contributed by atoms with Crippen LogP contribution >= 0.6 is 0 Å². The maximum absolute atomic E-state index is 2.54. The van der Waals surface area contributed by atoms with E-state index in [0.29, 0.717) is 16.7 Å². The number of fused-ring (bicyclic) bond motifs is 2. The highest BCUT2D eigenvalue weighted by Gasteiger charge is 2.61. The van der Waals surface area contributed by atoms with Gasteiger partial charge in [0.1, 0.15) is 7.05 Å². The Morgan fingerprint density at radius 3 is 2.17 bits per heavy atom. The van der Waals surface area contributed by atoms with Crippen molar-refractivity contribution < 1.29 is 4.57 Å². The summed E-state index contributed by atoms with van der Waals surface area (Å²) >= 11 is 0. The highest BCUT2D eigenvalue weighted by atomic mass is 14.9. The molecule has 2 saturated carbocycles. The van der Waals surface area contributed by atoms with E-state index in [4.69, 9.17) is 0 Å². The summed E-state index contributed by atoms with van der Waals surface area (Å²) in [7, 11) is 2.15. The zero-order valence-corrected chi connectivity index (χ0v) is 19.1. The Balaban J connectivity index is 1.43. The molecule has 5 rings (SSSR count). The molecule has 30 heavy (non-hydrogen) atoms. The smallest absolute Gasteiger partial charge is 0.200 e. The fourth-order valence-corrected chi connectivity index (χ4v) is 6.53. The van der Waals surface area contributed by atoms with Crippen LogP contribution in [-0.2, 0) is 7.05 Å². The van der Waals surface area contributed by atoms with Crippen LogP contribution in [0.1, 0.15) is 57.1 Å². The second kappa shape index (κ2) is 6.80. The molecule has 1 heteroatoms. The molecule has 0 spiro atoms. The van der Waals surface area contributed by atoms with Crippen LogP contribution < -0.4 is 4.57 Å². The van der Waals surface area contributed by atoms with Gasteiger partial charge in [0.05, 0.1) is 0 Å². The molecule has 3 unspecified atom stereocenters. The van der Waals surface area contributed by atoms with E-state index in [1.165, 1.54) is 52.8 Å². The number of hydrogen-bond donors (Lipinski definition) is 0. The van der Waals surface area contributed by atoms with Gasteiger partial charge in [-0.2, -0.15) is 0 Å². The molecule has 0 amide bonds. The molecule has 0 radical (unpaired) electrons. The molecule has 2 aliphatic carbocycles. The molecule has 2 fully saturated rings. The summed E-state index contributed by atoms with van der Waals surface area (Å²) in [4.78, 5) is 0. The molecule has 2 aromatic carbocycles. The van der Waals surface area contributed by atoms with Crippen molar-refractivity contribution in [2.75, 3.05) is 0 Å². The van der Waals surface area contributed by atoms with Gasteiger partial charge in [0, 0.05) is 17.2 Å². The van der Waals surface area contributed by atoms with Crippen LogP contribution in [0, 0.1) is 23.7 Å². The summed E-state index contributed by atoms with van der Waals surface area (Å²) < 4.78 is 2.26. The fourth-order valence-electron chi connectivity index (χ4n) is 6.53. The lowest BCUT2D eigenvalue weighted by Gasteiger charge is -2.39. The molecule has 0 aliphatic heterocycles. The van der Waals surface area contributed by atoms with Crippen LogP contribution in [0.2, 0.25) is 0 Å². The van der Waals surface area contributed by atoms with Crippen LogP contribution in [0.5, 0.6) is 0 Å². The van der Waals surface area contributed by atoms with Crippen molar-refractivity contribution in [2.24, 2.45) is 23.8 Å². The molecule has 1 nitrogen and oxygen atoms in total. The van der Waals surface area contributed by atoms with Gasteiger partial charge in [0.15, 0.2) is 6.20 Å². The number of nitrogens with zero attached hydrogens (tertiary/aromatic N) is 1. The molecule has 3 atom stereocenters. The van der Waals surface area contributed by atoms with Crippen LogP contribution in [0.15, 0.2) is 66.9 Å². The first-order valence-corrected chi connectivity index (χ1v) is 11.5. The van der Waals surface area contributed by atoms with Crippen LogP contribution in [0.4, 0.5) is 0 Å². The Morgan fingerprint density at radius 2 is 1.57 bits per heavy atom. The van der Waals surface area contributed by atoms with Crippen molar-refractivity contribution in [3.8, 4) is 22.4 Å². The number of benzene rings is 2. The van der Waals surface area contributed by atoms with Gasteiger partial charge >= 0.3 is 0 Å². The van der Waals surface area contributed by atoms with Crippen molar-refractivity contribution in [3.05, 3.63) is 78.0 Å². The van der Waals surface area contributed by atoms with E-state index in [9.17, 15) is 0 Å². The average molecular weight is 397 g/mol. The third-order valence-electron chi connectivity index (χ3n) is 8.99. The number of aromatic nitrogens is 1. The van der Waals surface area contributed by atoms with Gasteiger partial charge in [-0.25, -0.2) is 4.57 Å². The van der Waals surface area contributed by atoms with E-state index in [-0.39, 0.29) is 0 Å². The predicted octanol–water partition coefficient (Wildman–Crippen LogP) is 7.08. The van der Waals surface area contributed by atoms with Crippen molar-refractivity contribution in [2.45, 2.75) is 52.9 Å². The highest BCUT2D eigenvalue weighted by molar-refractivity contribution is 5.66. The van der Waals surface area contributed by atoms with Crippen molar-refractivity contribution in [1.82, 2.24) is 0 Å². The quantitative estimate of drug-likeness (QED) is 0.416. The maximum atomic E-state index is 2.54. The Morgan fingerprint density at radius 1 is 0.867 bits per heavy atom. The lowest BCUT2D eigenvalue weighted by atomic mass is 9.65. The molecule has 154 valence electrons. The molecule has 2 bridgehead atoms. The van der Waals surface area contributed by atoms with E-state index < -0.39 is 0 Å². The van der Waals surface area contributed by atoms with Crippen molar-refractivity contribution in [1.29, 1.82) is 0 Å². The summed E-state index contributed by atoms with van der Waals surface area (Å²) in [6.45, 7) is 9.74. The zero-order valence-electron chi connectivity index (χ0n) is 19.1. The molecule has 1 aromatic heterocycles. The van der Waals surface area contributed by atoms with Crippen molar-refractivity contribution >= 4 is 0 Å². The monoisotopic (exact) mass is 396 g/mol. The van der Waals surface area contributed by atoms with Gasteiger partial charge in [-0.15, -0.1) is 0 Å². The van der Waals surface area contributed by atoms with Gasteiger partial charge in [0.25, 0.3) is 0 Å². The standard InChI is InChI=1S/C29H34N/c1-20-8-6-7-9-25(20)27-15-14-23(19-30(27)5)21-10-12-22(13-11-21)26-18-24-16-17-29(26,4)28(24,2)3/h6-15,19,24,26H,16-18H2,1-5H3/q+1. The molecular weight excluding hydrogens is 362 g/mol. The van der Waals surface area contributed by atoms with E-state index in [0.717, 1.165) is 5.92 Å². The second-order valence-electron chi connectivity index (χ2n) is 10.5. The normalized spacial score (nSPS) is 26.8. The van der Waals surface area contributed by atoms with Crippen LogP contribution in [0.25, 0.3) is 22.4 Å². The van der Waals surface area contributed by atoms with E-state index >= 15 is 0 Å². The minimum Gasteiger partial charge on any atom is -0.200 e. The van der Waals surface area contributed by atoms with Crippen molar-refractivity contribution in [3.63, 3.8) is 0 Å². The first-order valence-electron chi connectivity index (χ1n) is 11.5. The van der Waals surface area contributed by atoms with Gasteiger partial charge in [-0.05, 0) is 77.7 Å². The van der Waals surface area contributed by atoms with Crippen LogP contribution in [-0.4, -0.2) is 0 Å². The number of rotatable bonds is 3. The lowest BCUT2D eigenvalue weighted by Crippen LogP contribution is -2.31. The summed E-state index contributed by atoms with van der Waals surface area (Å²) in [6.07, 6.45) is 6.43. The molecule has 1 heterocycles. The highest BCUT2D eigenvalue weighted by Crippen LogP contribution is 2.70. The van der Waals surface area contributed by atoms with Gasteiger partial charge in [0.2, 0.25) is 5.69 Å². The zero-order chi connectivity index (χ0) is 21.1. The topological polar surface area (TPSA) is 3.88 Å². The second-order valence-corrected chi connectivity index (χ2v) is 10.5. The summed E-state index contributed by atoms with van der Waals surface area (Å²) in [5.74, 6) is 1.60. The first kappa shape index (κ1) is 19.5. The number of aryl methyl sites for hydroxylation is 2. The van der Waals surface area contributed by atoms with Crippen LogP contribution in [0.3, 0.4) is 0 Å². The molecule has 0 N–H and O–H groups in total. The third kappa shape index (κ3) is 2.78. The molecular formula is C29H34N+. The van der Waals surface area contributed by atoms with E-state index in [1.807, 2.05) is 0 Å². The Labute approximate surface area is 181 Å².